The van der Waals surface area contributed by atoms with Crippen LogP contribution in [0.15, 0.2) is 0 Å². The number of carboxylic acid groups (broad SMARTS) is 1. The number of amides is 1. The third-order valence-corrected chi connectivity index (χ3v) is 1.56. The van der Waals surface area contributed by atoms with Crippen LogP contribution in [0.1, 0.15) is 6.92 Å². The second kappa shape index (κ2) is 7.64. The Hall–Kier alpha value is 0.250. The summed E-state index contributed by atoms with van der Waals surface area (Å²) in [5.74, 6) is -1.90. The Morgan fingerprint density at radius 2 is 2.08 bits per heavy atom. The maximum absolute atomic E-state index is 10.9. The zero-order chi connectivity index (χ0) is 9.72. The number of nitrogens with one attached hydrogen (secondary N) is 1. The number of thiol groups is 1. The Balaban J connectivity index is 0. The molecule has 0 aliphatic rings. The molecule has 0 aliphatic carbocycles. The van der Waals surface area contributed by atoms with E-state index < -0.39 is 24.0 Å². The second-order valence-corrected chi connectivity index (χ2v) is 2.72. The van der Waals surface area contributed by atoms with E-state index in [1.807, 2.05) is 0 Å². The molecule has 13 heavy (non-hydrogen) atoms. The van der Waals surface area contributed by atoms with Crippen molar-refractivity contribution >= 4 is 24.5 Å². The predicted octanol–water partition coefficient (Wildman–Crippen LogP) is -5.50. The third-order valence-electron chi connectivity index (χ3n) is 1.20. The van der Waals surface area contributed by atoms with Crippen LogP contribution < -0.4 is 45.7 Å². The number of carbonyl (C=O) groups excluding carboxylic acids is 2. The molecular formula is C6H11N2NaO3S. The number of hydrogen-bond acceptors (Lipinski definition) is 5. The summed E-state index contributed by atoms with van der Waals surface area (Å²) in [7, 11) is 0. The molecule has 7 heteroatoms. The molecule has 0 aromatic carbocycles. The van der Waals surface area contributed by atoms with E-state index in [4.69, 9.17) is 5.73 Å². The van der Waals surface area contributed by atoms with Crippen LogP contribution in [0.4, 0.5) is 0 Å². The first kappa shape index (κ1) is 15.7. The molecule has 0 spiro atoms. The molecule has 70 valence electrons. The molecule has 0 heterocycles. The SMILES string of the molecule is C[C@H](N)C(=O)N[C@@H](CS)C(=O)[O-].[Na+]. The summed E-state index contributed by atoms with van der Waals surface area (Å²) in [6.07, 6.45) is 0. The first-order valence-electron chi connectivity index (χ1n) is 3.36. The molecule has 0 aliphatic heterocycles. The quantitative estimate of drug-likeness (QED) is 0.321. The Bertz CT molecular complexity index is 189. The van der Waals surface area contributed by atoms with Gasteiger partial charge in [-0.1, -0.05) is 0 Å². The molecule has 0 radical (unpaired) electrons. The molecule has 0 aromatic heterocycles. The van der Waals surface area contributed by atoms with Crippen molar-refractivity contribution in [3.8, 4) is 0 Å². The van der Waals surface area contributed by atoms with E-state index in [1.165, 1.54) is 6.92 Å². The minimum absolute atomic E-state index is 0. The van der Waals surface area contributed by atoms with Crippen LogP contribution in [0.25, 0.3) is 0 Å². The fourth-order valence-electron chi connectivity index (χ4n) is 0.482. The Kier molecular flexibility index (Phi) is 9.23. The van der Waals surface area contributed by atoms with Crippen molar-refractivity contribution in [1.82, 2.24) is 5.32 Å². The summed E-state index contributed by atoms with van der Waals surface area (Å²) >= 11 is 3.72. The van der Waals surface area contributed by atoms with Crippen molar-refractivity contribution in [2.45, 2.75) is 19.0 Å². The van der Waals surface area contributed by atoms with Crippen LogP contribution in [0.5, 0.6) is 0 Å². The average Bonchev–Trinajstić information content (AvgIpc) is 1.98. The van der Waals surface area contributed by atoms with Crippen molar-refractivity contribution in [2.24, 2.45) is 5.73 Å². The molecule has 0 saturated carbocycles. The van der Waals surface area contributed by atoms with E-state index >= 15 is 0 Å². The predicted molar refractivity (Wildman–Crippen MR) is 44.4 cm³/mol. The maximum atomic E-state index is 10.9. The molecule has 5 nitrogen and oxygen atoms in total. The summed E-state index contributed by atoms with van der Waals surface area (Å²) in [5.41, 5.74) is 5.19. The molecule has 0 fully saturated rings. The normalized spacial score (nSPS) is 13.8. The van der Waals surface area contributed by atoms with Gasteiger partial charge in [-0.05, 0) is 6.92 Å². The molecule has 0 rings (SSSR count). The minimum atomic E-state index is -1.36. The van der Waals surface area contributed by atoms with Crippen molar-refractivity contribution < 1.29 is 44.3 Å². The molecule has 1 amide bonds. The van der Waals surface area contributed by atoms with Gasteiger partial charge in [-0.3, -0.25) is 4.79 Å². The monoisotopic (exact) mass is 214 g/mol. The average molecular weight is 214 g/mol. The topological polar surface area (TPSA) is 95.2 Å². The van der Waals surface area contributed by atoms with E-state index in [0.29, 0.717) is 0 Å². The van der Waals surface area contributed by atoms with E-state index in [0.717, 1.165) is 0 Å². The van der Waals surface area contributed by atoms with E-state index in [9.17, 15) is 14.7 Å². The number of carboxylic acids is 1. The number of carbonyl (C=O) groups is 2. The van der Waals surface area contributed by atoms with Crippen molar-refractivity contribution in [3.63, 3.8) is 0 Å². The Morgan fingerprint density at radius 3 is 2.31 bits per heavy atom. The zero-order valence-electron chi connectivity index (χ0n) is 7.61. The number of nitrogens with two attached hydrogens (primary N) is 1. The first-order chi connectivity index (χ1) is 5.49. The molecule has 3 N–H and O–H groups in total. The van der Waals surface area contributed by atoms with Gasteiger partial charge in [0.15, 0.2) is 0 Å². The minimum Gasteiger partial charge on any atom is -0.548 e. The van der Waals surface area contributed by atoms with Gasteiger partial charge in [0.2, 0.25) is 5.91 Å². The van der Waals surface area contributed by atoms with E-state index in [-0.39, 0.29) is 35.3 Å². The summed E-state index contributed by atoms with van der Waals surface area (Å²) in [5, 5.41) is 12.4. The van der Waals surface area contributed by atoms with E-state index in [2.05, 4.69) is 17.9 Å². The van der Waals surface area contributed by atoms with Gasteiger partial charge in [0, 0.05) is 5.75 Å². The van der Waals surface area contributed by atoms with Crippen LogP contribution in [0, 0.1) is 0 Å². The number of hydrogen-bond donors (Lipinski definition) is 3. The molecule has 0 saturated heterocycles. The van der Waals surface area contributed by atoms with Crippen LogP contribution in [-0.2, 0) is 9.59 Å². The Morgan fingerprint density at radius 1 is 1.62 bits per heavy atom. The maximum Gasteiger partial charge on any atom is 1.00 e. The van der Waals surface area contributed by atoms with Crippen LogP contribution >= 0.6 is 12.6 Å². The zero-order valence-corrected chi connectivity index (χ0v) is 10.5. The standard InChI is InChI=1S/C6H12N2O3S.Na/c1-3(7)5(9)8-4(2-12)6(10)11;/h3-4,12H,2,7H2,1H3,(H,8,9)(H,10,11);/q;+1/p-1/t3-,4-;/m0./s1. The second-order valence-electron chi connectivity index (χ2n) is 2.35. The summed E-state index contributed by atoms with van der Waals surface area (Å²) < 4.78 is 0. The fraction of sp³-hybridized carbons (Fsp3) is 0.667. The third kappa shape index (κ3) is 6.34. The summed E-state index contributed by atoms with van der Waals surface area (Å²) in [4.78, 5) is 21.1. The Labute approximate surface area is 104 Å². The number of aliphatic carboxylic acids is 1. The smallest absolute Gasteiger partial charge is 0.548 e. The van der Waals surface area contributed by atoms with Crippen LogP contribution in [0.2, 0.25) is 0 Å². The molecule has 2 atom stereocenters. The molecule has 0 bridgehead atoms. The van der Waals surface area contributed by atoms with Gasteiger partial charge in [-0.25, -0.2) is 0 Å². The van der Waals surface area contributed by atoms with Gasteiger partial charge in [0.25, 0.3) is 0 Å². The van der Waals surface area contributed by atoms with Gasteiger partial charge >= 0.3 is 29.6 Å². The largest absolute Gasteiger partial charge is 1.00 e. The number of rotatable bonds is 4. The fourth-order valence-corrected chi connectivity index (χ4v) is 0.723. The molecule has 0 aromatic rings. The van der Waals surface area contributed by atoms with E-state index in [1.54, 1.807) is 0 Å². The van der Waals surface area contributed by atoms with Gasteiger partial charge in [0.05, 0.1) is 18.1 Å². The van der Waals surface area contributed by atoms with Crippen LogP contribution in [-0.4, -0.2) is 29.7 Å². The van der Waals surface area contributed by atoms with Gasteiger partial charge in [0.1, 0.15) is 0 Å². The van der Waals surface area contributed by atoms with Gasteiger partial charge < -0.3 is 21.0 Å². The summed E-state index contributed by atoms with van der Waals surface area (Å²) in [6, 6.07) is -1.81. The summed E-state index contributed by atoms with van der Waals surface area (Å²) in [6.45, 7) is 1.46. The van der Waals surface area contributed by atoms with Crippen molar-refractivity contribution in [1.29, 1.82) is 0 Å². The molecular weight excluding hydrogens is 203 g/mol. The van der Waals surface area contributed by atoms with Crippen molar-refractivity contribution in [3.05, 3.63) is 0 Å². The van der Waals surface area contributed by atoms with Gasteiger partial charge in [-0.2, -0.15) is 12.6 Å². The molecule has 0 unspecified atom stereocenters. The first-order valence-corrected chi connectivity index (χ1v) is 4.00. The van der Waals surface area contributed by atoms with Crippen molar-refractivity contribution in [2.75, 3.05) is 5.75 Å². The van der Waals surface area contributed by atoms with Crippen LogP contribution in [0.3, 0.4) is 0 Å². The van der Waals surface area contributed by atoms with Gasteiger partial charge in [-0.15, -0.1) is 0 Å².